The predicted molar refractivity (Wildman–Crippen MR) is 125 cm³/mol. The summed E-state index contributed by atoms with van der Waals surface area (Å²) in [5.74, 6) is -0.340. The summed E-state index contributed by atoms with van der Waals surface area (Å²) in [6, 6.07) is -0.606. The largest absolute Gasteiger partial charge is 0.464 e. The molecule has 0 saturated carbocycles. The molecule has 0 heterocycles. The van der Waals surface area contributed by atoms with Crippen molar-refractivity contribution < 1.29 is 19.1 Å². The van der Waals surface area contributed by atoms with Gasteiger partial charge in [0.25, 0.3) is 0 Å². The molecule has 1 amide bonds. The zero-order valence-corrected chi connectivity index (χ0v) is 20.1. The number of unbranched alkanes of at least 4 members (excludes halogenated alkanes) is 13. The van der Waals surface area contributed by atoms with E-state index in [1.165, 1.54) is 70.6 Å². The Morgan fingerprint density at radius 3 is 1.50 bits per heavy atom. The standard InChI is InChI=1S/C25H49NO4/c1-4-7-9-11-13-14-15-17-18-21-29-24(27)23(20-6-3)26-25(28)30-22-19-16-12-10-8-5-2/h23H,4-22H2,1-3H3,(H,26,28)/t23-/m0/s1. The first-order valence-electron chi connectivity index (χ1n) is 12.8. The average molecular weight is 428 g/mol. The molecule has 0 bridgehead atoms. The first-order chi connectivity index (χ1) is 14.7. The molecule has 5 heteroatoms. The second-order valence-corrected chi connectivity index (χ2v) is 8.39. The Hall–Kier alpha value is -1.26. The fourth-order valence-electron chi connectivity index (χ4n) is 3.45. The van der Waals surface area contributed by atoms with Gasteiger partial charge in [-0.05, 0) is 19.3 Å². The number of carbonyl (C=O) groups excluding carboxylic acids is 2. The maximum absolute atomic E-state index is 12.3. The summed E-state index contributed by atoms with van der Waals surface area (Å²) in [7, 11) is 0. The van der Waals surface area contributed by atoms with Crippen molar-refractivity contribution in [2.75, 3.05) is 13.2 Å². The van der Waals surface area contributed by atoms with Crippen LogP contribution in [0.1, 0.15) is 130 Å². The average Bonchev–Trinajstić information content (AvgIpc) is 2.74. The van der Waals surface area contributed by atoms with E-state index in [9.17, 15) is 9.59 Å². The lowest BCUT2D eigenvalue weighted by molar-refractivity contribution is -0.146. The normalized spacial score (nSPS) is 11.8. The van der Waals surface area contributed by atoms with E-state index in [1.807, 2.05) is 6.92 Å². The van der Waals surface area contributed by atoms with Gasteiger partial charge in [-0.1, -0.05) is 111 Å². The monoisotopic (exact) mass is 427 g/mol. The summed E-state index contributed by atoms with van der Waals surface area (Å²) in [5.41, 5.74) is 0. The van der Waals surface area contributed by atoms with Gasteiger partial charge < -0.3 is 14.8 Å². The summed E-state index contributed by atoms with van der Waals surface area (Å²) in [6.45, 7) is 7.26. The van der Waals surface area contributed by atoms with E-state index in [2.05, 4.69) is 19.2 Å². The summed E-state index contributed by atoms with van der Waals surface area (Å²) >= 11 is 0. The van der Waals surface area contributed by atoms with Gasteiger partial charge in [0.1, 0.15) is 6.04 Å². The molecule has 0 aliphatic carbocycles. The topological polar surface area (TPSA) is 64.6 Å². The van der Waals surface area contributed by atoms with E-state index < -0.39 is 12.1 Å². The number of esters is 1. The first-order valence-corrected chi connectivity index (χ1v) is 12.8. The molecule has 1 N–H and O–H groups in total. The molecule has 0 rings (SSSR count). The van der Waals surface area contributed by atoms with Gasteiger partial charge in [0.15, 0.2) is 0 Å². The van der Waals surface area contributed by atoms with E-state index in [4.69, 9.17) is 9.47 Å². The molecule has 0 unspecified atom stereocenters. The number of alkyl carbamates (subject to hydrolysis) is 1. The summed E-state index contributed by atoms with van der Waals surface area (Å²) < 4.78 is 10.6. The van der Waals surface area contributed by atoms with Crippen molar-refractivity contribution in [1.29, 1.82) is 0 Å². The number of amides is 1. The number of nitrogens with one attached hydrogen (secondary N) is 1. The lowest BCUT2D eigenvalue weighted by Crippen LogP contribution is -2.42. The summed E-state index contributed by atoms with van der Waals surface area (Å²) in [6.07, 6.45) is 18.8. The van der Waals surface area contributed by atoms with Crippen LogP contribution in [-0.2, 0) is 14.3 Å². The molecule has 5 nitrogen and oxygen atoms in total. The molecule has 0 fully saturated rings. The van der Waals surface area contributed by atoms with Crippen LogP contribution in [0.5, 0.6) is 0 Å². The molecule has 0 aromatic heterocycles. The Labute approximate surface area is 186 Å². The smallest absolute Gasteiger partial charge is 0.407 e. The molecule has 0 aliphatic rings. The van der Waals surface area contributed by atoms with Gasteiger partial charge in [-0.25, -0.2) is 9.59 Å². The fraction of sp³-hybridized carbons (Fsp3) is 0.920. The zero-order valence-electron chi connectivity index (χ0n) is 20.1. The van der Waals surface area contributed by atoms with Crippen LogP contribution in [0, 0.1) is 0 Å². The second-order valence-electron chi connectivity index (χ2n) is 8.39. The van der Waals surface area contributed by atoms with Crippen LogP contribution in [0.25, 0.3) is 0 Å². The second kappa shape index (κ2) is 22.4. The van der Waals surface area contributed by atoms with Gasteiger partial charge >= 0.3 is 12.1 Å². The van der Waals surface area contributed by atoms with Crippen LogP contribution in [-0.4, -0.2) is 31.3 Å². The quantitative estimate of drug-likeness (QED) is 0.154. The maximum Gasteiger partial charge on any atom is 0.407 e. The van der Waals surface area contributed by atoms with E-state index in [0.717, 1.165) is 32.1 Å². The number of hydrogen-bond donors (Lipinski definition) is 1. The van der Waals surface area contributed by atoms with Gasteiger partial charge in [0.05, 0.1) is 13.2 Å². The zero-order chi connectivity index (χ0) is 22.3. The SMILES string of the molecule is CCCCCCCCCCCOC(=O)[C@H](CCC)NC(=O)OCCCCCCCC. The van der Waals surface area contributed by atoms with E-state index in [1.54, 1.807) is 0 Å². The Bertz CT molecular complexity index is 401. The van der Waals surface area contributed by atoms with E-state index in [-0.39, 0.29) is 5.97 Å². The van der Waals surface area contributed by atoms with E-state index in [0.29, 0.717) is 19.6 Å². The molecule has 0 aliphatic heterocycles. The molecule has 0 spiro atoms. The molecule has 178 valence electrons. The van der Waals surface area contributed by atoms with Crippen molar-refractivity contribution in [2.45, 2.75) is 136 Å². The molecule has 0 aromatic rings. The van der Waals surface area contributed by atoms with Gasteiger partial charge in [-0.3, -0.25) is 0 Å². The molecule has 30 heavy (non-hydrogen) atoms. The molecular weight excluding hydrogens is 378 g/mol. The lowest BCUT2D eigenvalue weighted by Gasteiger charge is -2.17. The minimum Gasteiger partial charge on any atom is -0.464 e. The maximum atomic E-state index is 12.3. The number of carbonyl (C=O) groups is 2. The fourth-order valence-corrected chi connectivity index (χ4v) is 3.45. The van der Waals surface area contributed by atoms with Gasteiger partial charge in [0, 0.05) is 0 Å². The Kier molecular flexibility index (Phi) is 21.5. The number of hydrogen-bond acceptors (Lipinski definition) is 4. The minimum absolute atomic E-state index is 0.340. The molecule has 0 saturated heterocycles. The van der Waals surface area contributed by atoms with Crippen molar-refractivity contribution in [2.24, 2.45) is 0 Å². The van der Waals surface area contributed by atoms with Crippen molar-refractivity contribution >= 4 is 12.1 Å². The highest BCUT2D eigenvalue weighted by molar-refractivity contribution is 5.81. The first kappa shape index (κ1) is 28.7. The number of rotatable bonds is 21. The molecule has 0 aromatic carbocycles. The van der Waals surface area contributed by atoms with Crippen LogP contribution in [0.4, 0.5) is 4.79 Å². The predicted octanol–water partition coefficient (Wildman–Crippen LogP) is 7.32. The highest BCUT2D eigenvalue weighted by atomic mass is 16.6. The summed E-state index contributed by atoms with van der Waals surface area (Å²) in [4.78, 5) is 24.3. The van der Waals surface area contributed by atoms with Crippen molar-refractivity contribution in [3.8, 4) is 0 Å². The molecule has 0 radical (unpaired) electrons. The Balaban J connectivity index is 3.80. The van der Waals surface area contributed by atoms with Gasteiger partial charge in [0.2, 0.25) is 0 Å². The Morgan fingerprint density at radius 1 is 0.600 bits per heavy atom. The van der Waals surface area contributed by atoms with Crippen LogP contribution in [0.3, 0.4) is 0 Å². The van der Waals surface area contributed by atoms with Gasteiger partial charge in [-0.2, -0.15) is 0 Å². The van der Waals surface area contributed by atoms with Crippen LogP contribution in [0.2, 0.25) is 0 Å². The minimum atomic E-state index is -0.606. The summed E-state index contributed by atoms with van der Waals surface area (Å²) in [5, 5.41) is 2.68. The van der Waals surface area contributed by atoms with Crippen molar-refractivity contribution in [3.05, 3.63) is 0 Å². The molecular formula is C25H49NO4. The highest BCUT2D eigenvalue weighted by Crippen LogP contribution is 2.10. The van der Waals surface area contributed by atoms with Crippen molar-refractivity contribution in [1.82, 2.24) is 5.32 Å². The third kappa shape index (κ3) is 18.7. The van der Waals surface area contributed by atoms with Crippen LogP contribution < -0.4 is 5.32 Å². The van der Waals surface area contributed by atoms with Crippen LogP contribution >= 0.6 is 0 Å². The Morgan fingerprint density at radius 2 is 1.03 bits per heavy atom. The lowest BCUT2D eigenvalue weighted by atomic mass is 10.1. The third-order valence-electron chi connectivity index (χ3n) is 5.38. The molecule has 1 atom stereocenters. The van der Waals surface area contributed by atoms with Crippen molar-refractivity contribution in [3.63, 3.8) is 0 Å². The third-order valence-corrected chi connectivity index (χ3v) is 5.38. The van der Waals surface area contributed by atoms with E-state index >= 15 is 0 Å². The van der Waals surface area contributed by atoms with Crippen LogP contribution in [0.15, 0.2) is 0 Å². The number of ether oxygens (including phenoxy) is 2. The van der Waals surface area contributed by atoms with Gasteiger partial charge in [-0.15, -0.1) is 0 Å². The highest BCUT2D eigenvalue weighted by Gasteiger charge is 2.21.